The summed E-state index contributed by atoms with van der Waals surface area (Å²) in [7, 11) is 0. The van der Waals surface area contributed by atoms with E-state index in [0.29, 0.717) is 0 Å². The Morgan fingerprint density at radius 2 is 0.500 bits per heavy atom. The van der Waals surface area contributed by atoms with E-state index in [1.165, 1.54) is 154 Å². The maximum atomic E-state index is 9.11. The molecule has 34 heavy (non-hydrogen) atoms. The molecule has 0 aliphatic rings. The van der Waals surface area contributed by atoms with Gasteiger partial charge in [-0.05, 0) is 26.7 Å². The summed E-state index contributed by atoms with van der Waals surface area (Å²) in [6.45, 7) is 8.33. The van der Waals surface area contributed by atoms with Crippen LogP contribution in [0.15, 0.2) is 0 Å². The van der Waals surface area contributed by atoms with Crippen LogP contribution in [-0.4, -0.2) is 22.4 Å². The van der Waals surface area contributed by atoms with E-state index in [1.807, 2.05) is 13.8 Å². The minimum Gasteiger partial charge on any atom is -0.393 e. The van der Waals surface area contributed by atoms with E-state index in [-0.39, 0.29) is 12.2 Å². The summed E-state index contributed by atoms with van der Waals surface area (Å²) in [5.41, 5.74) is 0. The number of unbranched alkanes of at least 4 members (excludes halogenated alkanes) is 22. The molecule has 0 fully saturated rings. The number of aliphatic hydroxyl groups excluding tert-OH is 2. The first-order valence-electron chi connectivity index (χ1n) is 15.9. The lowest BCUT2D eigenvalue weighted by Crippen LogP contribution is -1.98. The summed E-state index contributed by atoms with van der Waals surface area (Å²) in [5, 5.41) is 18.2. The van der Waals surface area contributed by atoms with Crippen molar-refractivity contribution in [2.24, 2.45) is 0 Å². The van der Waals surface area contributed by atoms with Crippen LogP contribution in [-0.2, 0) is 0 Å². The zero-order chi connectivity index (χ0) is 25.5. The maximum absolute atomic E-state index is 9.11. The fourth-order valence-corrected chi connectivity index (χ4v) is 4.56. The molecule has 0 aromatic carbocycles. The van der Waals surface area contributed by atoms with Crippen molar-refractivity contribution in [3.05, 3.63) is 0 Å². The van der Waals surface area contributed by atoms with Crippen LogP contribution in [0.1, 0.15) is 195 Å². The van der Waals surface area contributed by atoms with Crippen molar-refractivity contribution in [1.29, 1.82) is 0 Å². The van der Waals surface area contributed by atoms with Crippen molar-refractivity contribution in [3.8, 4) is 0 Å². The summed E-state index contributed by atoms with van der Waals surface area (Å²) in [6.07, 6.45) is 35.1. The highest BCUT2D eigenvalue weighted by Crippen LogP contribution is 2.14. The fourth-order valence-electron chi connectivity index (χ4n) is 4.56. The Hall–Kier alpha value is -0.0800. The third kappa shape index (κ3) is 39.1. The Bertz CT molecular complexity index is 295. The van der Waals surface area contributed by atoms with E-state index in [4.69, 9.17) is 10.2 Å². The molecule has 2 atom stereocenters. The Labute approximate surface area is 217 Å². The quantitative estimate of drug-likeness (QED) is 0.120. The molecule has 0 radical (unpaired) electrons. The zero-order valence-electron chi connectivity index (χ0n) is 24.4. The highest BCUT2D eigenvalue weighted by molar-refractivity contribution is 4.52. The third-order valence-electron chi connectivity index (χ3n) is 6.95. The molecule has 0 spiro atoms. The van der Waals surface area contributed by atoms with Crippen LogP contribution < -0.4 is 0 Å². The molecule has 2 N–H and O–H groups in total. The number of rotatable bonds is 26. The molecule has 0 amide bonds. The second-order valence-corrected chi connectivity index (χ2v) is 11.1. The van der Waals surface area contributed by atoms with E-state index in [0.717, 1.165) is 12.8 Å². The van der Waals surface area contributed by atoms with Crippen LogP contribution in [0.2, 0.25) is 0 Å². The monoisotopic (exact) mass is 485 g/mol. The SMILES string of the molecule is CCCCCCCCCCCCCCC(C)O.CCCCCCCCCCCCCCC(C)O. The van der Waals surface area contributed by atoms with Crippen LogP contribution in [0.4, 0.5) is 0 Å². The van der Waals surface area contributed by atoms with Crippen molar-refractivity contribution < 1.29 is 10.2 Å². The van der Waals surface area contributed by atoms with Crippen LogP contribution >= 0.6 is 0 Å². The smallest absolute Gasteiger partial charge is 0.0512 e. The highest BCUT2D eigenvalue weighted by atomic mass is 16.3. The van der Waals surface area contributed by atoms with E-state index < -0.39 is 0 Å². The summed E-state index contributed by atoms with van der Waals surface area (Å²) in [5.74, 6) is 0. The van der Waals surface area contributed by atoms with Crippen molar-refractivity contribution in [1.82, 2.24) is 0 Å². The van der Waals surface area contributed by atoms with Gasteiger partial charge in [0, 0.05) is 0 Å². The van der Waals surface area contributed by atoms with E-state index >= 15 is 0 Å². The Morgan fingerprint density at radius 3 is 0.676 bits per heavy atom. The second kappa shape index (κ2) is 32.9. The summed E-state index contributed by atoms with van der Waals surface area (Å²) in [4.78, 5) is 0. The van der Waals surface area contributed by atoms with Gasteiger partial charge in [0.1, 0.15) is 0 Å². The fraction of sp³-hybridized carbons (Fsp3) is 1.00. The summed E-state index contributed by atoms with van der Waals surface area (Å²) < 4.78 is 0. The van der Waals surface area contributed by atoms with E-state index in [2.05, 4.69) is 13.8 Å². The Kier molecular flexibility index (Phi) is 34.9. The van der Waals surface area contributed by atoms with Gasteiger partial charge in [-0.1, -0.05) is 168 Å². The normalized spacial score (nSPS) is 12.9. The molecule has 2 heteroatoms. The highest BCUT2D eigenvalue weighted by Gasteiger charge is 1.97. The minimum atomic E-state index is -0.0990. The van der Waals surface area contributed by atoms with Crippen LogP contribution in [0.3, 0.4) is 0 Å². The molecule has 0 heterocycles. The van der Waals surface area contributed by atoms with Gasteiger partial charge >= 0.3 is 0 Å². The topological polar surface area (TPSA) is 40.5 Å². The number of hydrogen-bond acceptors (Lipinski definition) is 2. The van der Waals surface area contributed by atoms with Gasteiger partial charge in [-0.2, -0.15) is 0 Å². The number of aliphatic hydroxyl groups is 2. The standard InChI is InChI=1S/2C16H34O/c2*1-3-4-5-6-7-8-9-10-11-12-13-14-15-16(2)17/h2*16-17H,3-15H2,1-2H3. The predicted molar refractivity (Wildman–Crippen MR) is 155 cm³/mol. The largest absolute Gasteiger partial charge is 0.393 e. The molecule has 2 nitrogen and oxygen atoms in total. The predicted octanol–water partition coefficient (Wildman–Crippen LogP) is 10.9. The Morgan fingerprint density at radius 1 is 0.324 bits per heavy atom. The Balaban J connectivity index is 0. The van der Waals surface area contributed by atoms with Gasteiger partial charge in [0.05, 0.1) is 12.2 Å². The molecule has 2 unspecified atom stereocenters. The average Bonchev–Trinajstić information content (AvgIpc) is 2.80. The lowest BCUT2D eigenvalue weighted by atomic mass is 10.0. The van der Waals surface area contributed by atoms with Gasteiger partial charge < -0.3 is 10.2 Å². The molecule has 0 aliphatic carbocycles. The number of hydrogen-bond donors (Lipinski definition) is 2. The molecule has 0 saturated heterocycles. The summed E-state index contributed by atoms with van der Waals surface area (Å²) >= 11 is 0. The van der Waals surface area contributed by atoms with Gasteiger partial charge in [-0.3, -0.25) is 0 Å². The third-order valence-corrected chi connectivity index (χ3v) is 6.95. The van der Waals surface area contributed by atoms with Gasteiger partial charge in [-0.25, -0.2) is 0 Å². The molecular weight excluding hydrogens is 416 g/mol. The van der Waals surface area contributed by atoms with Gasteiger partial charge in [-0.15, -0.1) is 0 Å². The van der Waals surface area contributed by atoms with Crippen molar-refractivity contribution in [2.75, 3.05) is 0 Å². The first-order valence-corrected chi connectivity index (χ1v) is 15.9. The molecule has 0 rings (SSSR count). The molecular formula is C32H68O2. The lowest BCUT2D eigenvalue weighted by molar-refractivity contribution is 0.180. The molecule has 0 aliphatic heterocycles. The summed E-state index contributed by atoms with van der Waals surface area (Å²) in [6, 6.07) is 0. The first-order chi connectivity index (χ1) is 16.5. The van der Waals surface area contributed by atoms with Crippen molar-refractivity contribution in [2.45, 2.75) is 207 Å². The van der Waals surface area contributed by atoms with E-state index in [1.54, 1.807) is 0 Å². The van der Waals surface area contributed by atoms with Crippen LogP contribution in [0.5, 0.6) is 0 Å². The second-order valence-electron chi connectivity index (χ2n) is 11.1. The van der Waals surface area contributed by atoms with Gasteiger partial charge in [0.25, 0.3) is 0 Å². The van der Waals surface area contributed by atoms with Crippen molar-refractivity contribution in [3.63, 3.8) is 0 Å². The van der Waals surface area contributed by atoms with Crippen LogP contribution in [0.25, 0.3) is 0 Å². The average molecular weight is 485 g/mol. The lowest BCUT2D eigenvalue weighted by Gasteiger charge is -2.04. The first kappa shape index (κ1) is 36.1. The van der Waals surface area contributed by atoms with Gasteiger partial charge in [0.2, 0.25) is 0 Å². The molecule has 0 bridgehead atoms. The van der Waals surface area contributed by atoms with E-state index in [9.17, 15) is 0 Å². The molecule has 208 valence electrons. The van der Waals surface area contributed by atoms with Gasteiger partial charge in [0.15, 0.2) is 0 Å². The van der Waals surface area contributed by atoms with Crippen LogP contribution in [0, 0.1) is 0 Å². The molecule has 0 saturated carbocycles. The molecule has 0 aromatic rings. The zero-order valence-corrected chi connectivity index (χ0v) is 24.4. The van der Waals surface area contributed by atoms with Crippen molar-refractivity contribution >= 4 is 0 Å². The minimum absolute atomic E-state index is 0.0990. The molecule has 0 aromatic heterocycles. The maximum Gasteiger partial charge on any atom is 0.0512 e.